The van der Waals surface area contributed by atoms with Crippen molar-refractivity contribution in [2.45, 2.75) is 103 Å². The van der Waals surface area contributed by atoms with Crippen LogP contribution < -0.4 is 4.90 Å². The molecule has 6 rings (SSSR count). The fourth-order valence-corrected chi connectivity index (χ4v) is 10.0. The van der Waals surface area contributed by atoms with Crippen LogP contribution >= 0.6 is 0 Å². The van der Waals surface area contributed by atoms with Crippen molar-refractivity contribution in [1.29, 1.82) is 0 Å². The highest BCUT2D eigenvalue weighted by atomic mass is 19.1. The van der Waals surface area contributed by atoms with E-state index in [1.807, 2.05) is 6.07 Å². The number of hydrogen-bond acceptors (Lipinski definition) is 3. The highest BCUT2D eigenvalue weighted by molar-refractivity contribution is 5.95. The van der Waals surface area contributed by atoms with Gasteiger partial charge in [-0.05, 0) is 129 Å². The average Bonchev–Trinajstić information content (AvgIpc) is 3.41. The van der Waals surface area contributed by atoms with Gasteiger partial charge in [-0.25, -0.2) is 4.39 Å². The number of benzene rings is 1. The number of aliphatic hydroxyl groups excluding tert-OH is 2. The number of carbonyl (C=O) groups excluding carboxylic acids is 1. The molecule has 1 aromatic rings. The van der Waals surface area contributed by atoms with Gasteiger partial charge in [-0.15, -0.1) is 0 Å². The molecular formula is C31H44FNO3. The zero-order chi connectivity index (χ0) is 25.2. The summed E-state index contributed by atoms with van der Waals surface area (Å²) in [7, 11) is 0. The van der Waals surface area contributed by atoms with Gasteiger partial charge in [-0.1, -0.05) is 19.9 Å². The summed E-state index contributed by atoms with van der Waals surface area (Å²) in [6, 6.07) is 4.81. The first-order valence-corrected chi connectivity index (χ1v) is 14.7. The van der Waals surface area contributed by atoms with Crippen LogP contribution in [0.2, 0.25) is 0 Å². The molecule has 4 fully saturated rings. The van der Waals surface area contributed by atoms with E-state index in [2.05, 4.69) is 13.8 Å². The lowest BCUT2D eigenvalue weighted by Gasteiger charge is -2.62. The molecule has 5 heteroatoms. The minimum atomic E-state index is -0.275. The largest absolute Gasteiger partial charge is 0.393 e. The van der Waals surface area contributed by atoms with Crippen molar-refractivity contribution in [3.8, 4) is 0 Å². The van der Waals surface area contributed by atoms with Crippen molar-refractivity contribution in [3.63, 3.8) is 0 Å². The minimum absolute atomic E-state index is 0.129. The van der Waals surface area contributed by atoms with Crippen LogP contribution in [0.3, 0.4) is 0 Å². The van der Waals surface area contributed by atoms with Crippen molar-refractivity contribution in [3.05, 3.63) is 29.6 Å². The van der Waals surface area contributed by atoms with Crippen LogP contribution in [-0.4, -0.2) is 34.9 Å². The van der Waals surface area contributed by atoms with Crippen LogP contribution in [0.5, 0.6) is 0 Å². The molecule has 0 spiro atoms. The Labute approximate surface area is 215 Å². The summed E-state index contributed by atoms with van der Waals surface area (Å²) in [5.74, 6) is 2.47. The summed E-state index contributed by atoms with van der Waals surface area (Å²) in [4.78, 5) is 14.8. The summed E-state index contributed by atoms with van der Waals surface area (Å²) in [5, 5.41) is 21.7. The number of halogens is 1. The number of fused-ring (bicyclic) bond motifs is 6. The molecule has 0 radical (unpaired) electrons. The first kappa shape index (κ1) is 24.9. The maximum Gasteiger partial charge on any atom is 0.226 e. The lowest BCUT2D eigenvalue weighted by atomic mass is 9.44. The van der Waals surface area contributed by atoms with E-state index < -0.39 is 0 Å². The third-order valence-electron chi connectivity index (χ3n) is 12.0. The normalized spacial score (nSPS) is 43.5. The second kappa shape index (κ2) is 9.08. The van der Waals surface area contributed by atoms with Gasteiger partial charge >= 0.3 is 0 Å². The van der Waals surface area contributed by atoms with Gasteiger partial charge in [0.25, 0.3) is 0 Å². The fraction of sp³-hybridized carbons (Fsp3) is 0.774. The minimum Gasteiger partial charge on any atom is -0.393 e. The topological polar surface area (TPSA) is 60.8 Å². The van der Waals surface area contributed by atoms with Gasteiger partial charge < -0.3 is 15.1 Å². The smallest absolute Gasteiger partial charge is 0.226 e. The van der Waals surface area contributed by atoms with Crippen molar-refractivity contribution >= 4 is 11.6 Å². The van der Waals surface area contributed by atoms with E-state index in [4.69, 9.17) is 0 Å². The van der Waals surface area contributed by atoms with E-state index in [0.29, 0.717) is 42.6 Å². The van der Waals surface area contributed by atoms with Gasteiger partial charge in [0, 0.05) is 18.7 Å². The Morgan fingerprint density at radius 1 is 1.06 bits per heavy atom. The van der Waals surface area contributed by atoms with Gasteiger partial charge in [-0.2, -0.15) is 0 Å². The number of carbonyl (C=O) groups is 1. The lowest BCUT2D eigenvalue weighted by Crippen LogP contribution is -2.58. The monoisotopic (exact) mass is 497 g/mol. The van der Waals surface area contributed by atoms with E-state index in [1.165, 1.54) is 37.8 Å². The molecule has 4 nitrogen and oxygen atoms in total. The van der Waals surface area contributed by atoms with E-state index in [0.717, 1.165) is 56.2 Å². The molecule has 0 bridgehead atoms. The summed E-state index contributed by atoms with van der Waals surface area (Å²) in [6.07, 6.45) is 11.5. The van der Waals surface area contributed by atoms with Gasteiger partial charge in [0.2, 0.25) is 5.91 Å². The van der Waals surface area contributed by atoms with Crippen molar-refractivity contribution in [1.82, 2.24) is 0 Å². The molecule has 0 saturated heterocycles. The number of rotatable bonds is 4. The van der Waals surface area contributed by atoms with Crippen LogP contribution in [0.4, 0.5) is 10.1 Å². The van der Waals surface area contributed by atoms with E-state index >= 15 is 0 Å². The van der Waals surface area contributed by atoms with Crippen molar-refractivity contribution in [2.24, 2.45) is 40.4 Å². The third kappa shape index (κ3) is 3.86. The standard InChI is InChI=1S/C31H44FNO3/c1-30-14-11-25-29(27(35)17-21-16-23(34)10-13-31(21,25)2)24(30)9-7-20(30)4-3-5-28(36)33-15-12-19-6-8-22(32)18-26(19)33/h6,8,18,20-21,23-25,27,29,34-35H,3-5,7,9-17H2,1-2H3/t20?,21?,23-,24?,25?,27?,29?,30?,31?/m1/s1. The highest BCUT2D eigenvalue weighted by Crippen LogP contribution is 2.67. The fourth-order valence-electron chi connectivity index (χ4n) is 10.0. The second-order valence-corrected chi connectivity index (χ2v) is 13.5. The predicted molar refractivity (Wildman–Crippen MR) is 139 cm³/mol. The molecule has 1 heterocycles. The average molecular weight is 498 g/mol. The third-order valence-corrected chi connectivity index (χ3v) is 12.0. The lowest BCUT2D eigenvalue weighted by molar-refractivity contribution is -0.172. The van der Waals surface area contributed by atoms with E-state index in [-0.39, 0.29) is 34.8 Å². The summed E-state index contributed by atoms with van der Waals surface area (Å²) in [5.41, 5.74) is 2.36. The summed E-state index contributed by atoms with van der Waals surface area (Å²) >= 11 is 0. The number of aliphatic hydroxyl groups is 2. The first-order valence-electron chi connectivity index (χ1n) is 14.7. The Bertz CT molecular complexity index is 1010. The molecule has 8 unspecified atom stereocenters. The van der Waals surface area contributed by atoms with E-state index in [1.54, 1.807) is 4.90 Å². The van der Waals surface area contributed by atoms with Crippen LogP contribution in [-0.2, 0) is 11.2 Å². The molecular weight excluding hydrogens is 453 g/mol. The predicted octanol–water partition coefficient (Wildman–Crippen LogP) is 5.88. The van der Waals surface area contributed by atoms with E-state index in [9.17, 15) is 19.4 Å². The Hall–Kier alpha value is -1.46. The molecule has 9 atom stereocenters. The molecule has 1 aliphatic heterocycles. The Morgan fingerprint density at radius 3 is 2.67 bits per heavy atom. The van der Waals surface area contributed by atoms with Gasteiger partial charge in [0.15, 0.2) is 0 Å². The van der Waals surface area contributed by atoms with Crippen LogP contribution in [0.25, 0.3) is 0 Å². The van der Waals surface area contributed by atoms with Crippen molar-refractivity contribution < 1.29 is 19.4 Å². The van der Waals surface area contributed by atoms with Crippen molar-refractivity contribution in [2.75, 3.05) is 11.4 Å². The molecule has 4 saturated carbocycles. The molecule has 2 N–H and O–H groups in total. The number of anilines is 1. The molecule has 198 valence electrons. The van der Waals surface area contributed by atoms with Crippen LogP contribution in [0.15, 0.2) is 18.2 Å². The summed E-state index contributed by atoms with van der Waals surface area (Å²) in [6.45, 7) is 5.62. The molecule has 1 amide bonds. The molecule has 4 aliphatic carbocycles. The molecule has 36 heavy (non-hydrogen) atoms. The SMILES string of the molecule is CC12CCC3C(C(O)CC4C[C@H](O)CCC43C)C1CCC2CCCC(=O)N1CCc2ccc(F)cc21. The zero-order valence-electron chi connectivity index (χ0n) is 22.1. The van der Waals surface area contributed by atoms with Gasteiger partial charge in [-0.3, -0.25) is 4.79 Å². The first-order chi connectivity index (χ1) is 17.2. The van der Waals surface area contributed by atoms with Gasteiger partial charge in [0.1, 0.15) is 5.82 Å². The van der Waals surface area contributed by atoms with Gasteiger partial charge in [0.05, 0.1) is 12.2 Å². The quantitative estimate of drug-likeness (QED) is 0.546. The molecule has 1 aromatic carbocycles. The van der Waals surface area contributed by atoms with Crippen LogP contribution in [0, 0.1) is 46.2 Å². The maximum absolute atomic E-state index is 13.8. The number of hydrogen-bond donors (Lipinski definition) is 2. The molecule has 5 aliphatic rings. The Morgan fingerprint density at radius 2 is 1.83 bits per heavy atom. The summed E-state index contributed by atoms with van der Waals surface area (Å²) < 4.78 is 13.8. The number of nitrogens with zero attached hydrogens (tertiary/aromatic N) is 1. The Kier molecular flexibility index (Phi) is 6.27. The number of amides is 1. The molecule has 0 aromatic heterocycles. The second-order valence-electron chi connectivity index (χ2n) is 13.5. The zero-order valence-corrected chi connectivity index (χ0v) is 22.1. The highest BCUT2D eigenvalue weighted by Gasteiger charge is 2.62. The maximum atomic E-state index is 13.8. The Balaban J connectivity index is 1.10. The van der Waals surface area contributed by atoms with Crippen LogP contribution in [0.1, 0.15) is 90.0 Å².